The van der Waals surface area contributed by atoms with Crippen molar-refractivity contribution in [2.45, 2.75) is 52.2 Å². The van der Waals surface area contributed by atoms with Crippen LogP contribution in [0.4, 0.5) is 4.39 Å². The smallest absolute Gasteiger partial charge is 0.237 e. The molecule has 0 heterocycles. The fourth-order valence-electron chi connectivity index (χ4n) is 2.19. The topological polar surface area (TPSA) is 64.3 Å². The van der Waals surface area contributed by atoms with E-state index in [1.54, 1.807) is 26.0 Å². The van der Waals surface area contributed by atoms with Crippen molar-refractivity contribution < 1.29 is 13.9 Å². The lowest BCUT2D eigenvalue weighted by atomic mass is 9.93. The van der Waals surface area contributed by atoms with Crippen molar-refractivity contribution in [3.8, 4) is 5.75 Å². The summed E-state index contributed by atoms with van der Waals surface area (Å²) in [5.41, 5.74) is 5.53. The van der Waals surface area contributed by atoms with Crippen molar-refractivity contribution in [2.24, 2.45) is 5.73 Å². The molecule has 2 atom stereocenters. The van der Waals surface area contributed by atoms with Crippen molar-refractivity contribution in [1.29, 1.82) is 0 Å². The minimum absolute atomic E-state index is 0.199. The molecule has 3 N–H and O–H groups in total. The molecule has 1 aromatic carbocycles. The monoisotopic (exact) mass is 296 g/mol. The number of rotatable bonds is 8. The summed E-state index contributed by atoms with van der Waals surface area (Å²) in [5.74, 6) is -0.643. The Labute approximate surface area is 125 Å². The van der Waals surface area contributed by atoms with Crippen LogP contribution >= 0.6 is 0 Å². The number of benzene rings is 1. The van der Waals surface area contributed by atoms with Gasteiger partial charge in [0.05, 0.1) is 11.6 Å². The molecule has 0 bridgehead atoms. The Kier molecular flexibility index (Phi) is 6.15. The maximum Gasteiger partial charge on any atom is 0.237 e. The average Bonchev–Trinajstić information content (AvgIpc) is 2.40. The highest BCUT2D eigenvalue weighted by atomic mass is 19.1. The molecule has 0 aromatic heterocycles. The maximum absolute atomic E-state index is 13.7. The Morgan fingerprint density at radius 2 is 2.19 bits per heavy atom. The number of nitrogens with one attached hydrogen (secondary N) is 1. The Bertz CT molecular complexity index is 493. The van der Waals surface area contributed by atoms with Crippen LogP contribution in [0.15, 0.2) is 18.2 Å². The molecule has 0 aliphatic heterocycles. The van der Waals surface area contributed by atoms with Gasteiger partial charge in [0, 0.05) is 6.42 Å². The SMILES string of the molecule is CCCNC(C)(CC(C)Oc1cc(C)ccc1F)C(N)=O. The summed E-state index contributed by atoms with van der Waals surface area (Å²) in [4.78, 5) is 11.7. The molecule has 0 spiro atoms. The van der Waals surface area contributed by atoms with Crippen LogP contribution in [0.25, 0.3) is 0 Å². The first-order chi connectivity index (χ1) is 9.78. The number of nitrogens with two attached hydrogens (primary N) is 1. The van der Waals surface area contributed by atoms with Crippen LogP contribution in [0.1, 0.15) is 39.2 Å². The molecule has 1 amide bonds. The molecular weight excluding hydrogens is 271 g/mol. The van der Waals surface area contributed by atoms with Gasteiger partial charge in [-0.25, -0.2) is 4.39 Å². The van der Waals surface area contributed by atoms with E-state index in [1.165, 1.54) is 6.07 Å². The Hall–Kier alpha value is -1.62. The number of hydrogen-bond acceptors (Lipinski definition) is 3. The van der Waals surface area contributed by atoms with Gasteiger partial charge in [-0.05, 0) is 51.4 Å². The highest BCUT2D eigenvalue weighted by Crippen LogP contribution is 2.22. The number of primary amides is 1. The zero-order valence-electron chi connectivity index (χ0n) is 13.2. The van der Waals surface area contributed by atoms with E-state index in [0.29, 0.717) is 13.0 Å². The van der Waals surface area contributed by atoms with Gasteiger partial charge in [-0.3, -0.25) is 4.79 Å². The fourth-order valence-corrected chi connectivity index (χ4v) is 2.19. The van der Waals surface area contributed by atoms with Gasteiger partial charge >= 0.3 is 0 Å². The van der Waals surface area contributed by atoms with Crippen LogP contribution in [-0.4, -0.2) is 24.1 Å². The van der Waals surface area contributed by atoms with E-state index in [9.17, 15) is 9.18 Å². The van der Waals surface area contributed by atoms with Gasteiger partial charge in [-0.15, -0.1) is 0 Å². The highest BCUT2D eigenvalue weighted by molar-refractivity contribution is 5.84. The number of carbonyl (C=O) groups excluding carboxylic acids is 1. The molecular formula is C16H25FN2O2. The second-order valence-electron chi connectivity index (χ2n) is 5.69. The first-order valence-electron chi connectivity index (χ1n) is 7.26. The normalized spacial score (nSPS) is 15.3. The highest BCUT2D eigenvalue weighted by Gasteiger charge is 2.32. The van der Waals surface area contributed by atoms with E-state index in [4.69, 9.17) is 10.5 Å². The lowest BCUT2D eigenvalue weighted by Gasteiger charge is -2.30. The largest absolute Gasteiger partial charge is 0.488 e. The van der Waals surface area contributed by atoms with Gasteiger partial charge in [-0.2, -0.15) is 0 Å². The second kappa shape index (κ2) is 7.41. The van der Waals surface area contributed by atoms with Crippen molar-refractivity contribution in [1.82, 2.24) is 5.32 Å². The summed E-state index contributed by atoms with van der Waals surface area (Å²) in [6.45, 7) is 8.11. The molecule has 0 saturated heterocycles. The van der Waals surface area contributed by atoms with Crippen LogP contribution in [-0.2, 0) is 4.79 Å². The molecule has 21 heavy (non-hydrogen) atoms. The van der Waals surface area contributed by atoms with Crippen LogP contribution in [0, 0.1) is 12.7 Å². The standard InChI is InChI=1S/C16H25FN2O2/c1-5-8-19-16(4,15(18)20)10-12(3)21-14-9-11(2)6-7-13(14)17/h6-7,9,12,19H,5,8,10H2,1-4H3,(H2,18,20). The van der Waals surface area contributed by atoms with Gasteiger partial charge in [0.1, 0.15) is 0 Å². The van der Waals surface area contributed by atoms with Gasteiger partial charge < -0.3 is 15.8 Å². The van der Waals surface area contributed by atoms with Crippen molar-refractivity contribution in [3.63, 3.8) is 0 Å². The van der Waals surface area contributed by atoms with E-state index in [0.717, 1.165) is 12.0 Å². The minimum atomic E-state index is -0.865. The molecule has 118 valence electrons. The molecule has 1 aromatic rings. The molecule has 0 fully saturated rings. The Morgan fingerprint density at radius 3 is 2.76 bits per heavy atom. The van der Waals surface area contributed by atoms with Gasteiger partial charge in [0.2, 0.25) is 5.91 Å². The van der Waals surface area contributed by atoms with E-state index in [-0.39, 0.29) is 11.9 Å². The number of carbonyl (C=O) groups is 1. The van der Waals surface area contributed by atoms with Crippen molar-refractivity contribution >= 4 is 5.91 Å². The number of ether oxygens (including phenoxy) is 1. The van der Waals surface area contributed by atoms with Crippen LogP contribution in [0.3, 0.4) is 0 Å². The summed E-state index contributed by atoms with van der Waals surface area (Å²) in [7, 11) is 0. The molecule has 2 unspecified atom stereocenters. The summed E-state index contributed by atoms with van der Waals surface area (Å²) >= 11 is 0. The molecule has 1 rings (SSSR count). The molecule has 5 heteroatoms. The quantitative estimate of drug-likeness (QED) is 0.775. The number of hydrogen-bond donors (Lipinski definition) is 2. The molecule has 0 radical (unpaired) electrons. The van der Waals surface area contributed by atoms with E-state index < -0.39 is 17.3 Å². The lowest BCUT2D eigenvalue weighted by molar-refractivity contribution is -0.124. The van der Waals surface area contributed by atoms with Gasteiger partial charge in [0.25, 0.3) is 0 Å². The number of halogens is 1. The third-order valence-corrected chi connectivity index (χ3v) is 3.42. The predicted octanol–water partition coefficient (Wildman–Crippen LogP) is 2.54. The van der Waals surface area contributed by atoms with E-state index >= 15 is 0 Å². The summed E-state index contributed by atoms with van der Waals surface area (Å²) in [6.07, 6.45) is 0.920. The molecule has 0 saturated carbocycles. The summed E-state index contributed by atoms with van der Waals surface area (Å²) in [5, 5.41) is 3.14. The van der Waals surface area contributed by atoms with Gasteiger partial charge in [-0.1, -0.05) is 13.0 Å². The van der Waals surface area contributed by atoms with E-state index in [1.807, 2.05) is 13.8 Å². The first kappa shape index (κ1) is 17.4. The first-order valence-corrected chi connectivity index (χ1v) is 7.26. The maximum atomic E-state index is 13.7. The van der Waals surface area contributed by atoms with Crippen LogP contribution in [0.5, 0.6) is 5.75 Å². The summed E-state index contributed by atoms with van der Waals surface area (Å²) < 4.78 is 19.3. The second-order valence-corrected chi connectivity index (χ2v) is 5.69. The summed E-state index contributed by atoms with van der Waals surface area (Å²) in [6, 6.07) is 4.70. The van der Waals surface area contributed by atoms with Crippen LogP contribution in [0.2, 0.25) is 0 Å². The minimum Gasteiger partial charge on any atom is -0.488 e. The van der Waals surface area contributed by atoms with Crippen molar-refractivity contribution in [2.75, 3.05) is 6.54 Å². The third kappa shape index (κ3) is 5.01. The fraction of sp³-hybridized carbons (Fsp3) is 0.562. The lowest BCUT2D eigenvalue weighted by Crippen LogP contribution is -2.55. The third-order valence-electron chi connectivity index (χ3n) is 3.42. The zero-order valence-corrected chi connectivity index (χ0v) is 13.2. The average molecular weight is 296 g/mol. The molecule has 0 aliphatic rings. The number of aryl methyl sites for hydroxylation is 1. The molecule has 4 nitrogen and oxygen atoms in total. The Balaban J connectivity index is 2.76. The Morgan fingerprint density at radius 1 is 1.52 bits per heavy atom. The van der Waals surface area contributed by atoms with Crippen molar-refractivity contribution in [3.05, 3.63) is 29.6 Å². The predicted molar refractivity (Wildman–Crippen MR) is 81.7 cm³/mol. The van der Waals surface area contributed by atoms with E-state index in [2.05, 4.69) is 5.32 Å². The number of amides is 1. The zero-order chi connectivity index (χ0) is 16.0. The molecule has 0 aliphatic carbocycles. The van der Waals surface area contributed by atoms with Crippen LogP contribution < -0.4 is 15.8 Å². The van der Waals surface area contributed by atoms with Gasteiger partial charge in [0.15, 0.2) is 11.6 Å².